The van der Waals surface area contributed by atoms with Gasteiger partial charge in [0.15, 0.2) is 0 Å². The van der Waals surface area contributed by atoms with Gasteiger partial charge in [-0.3, -0.25) is 4.79 Å². The second-order valence-corrected chi connectivity index (χ2v) is 6.33. The molecule has 5 nitrogen and oxygen atoms in total. The molecule has 0 aromatic heterocycles. The molecule has 0 saturated carbocycles. The molecule has 0 spiro atoms. The summed E-state index contributed by atoms with van der Waals surface area (Å²) in [5, 5.41) is 0. The van der Waals surface area contributed by atoms with Crippen LogP contribution >= 0.6 is 0 Å². The third-order valence-corrected chi connectivity index (χ3v) is 4.27. The quantitative estimate of drug-likeness (QED) is 0.904. The molecule has 1 fully saturated rings. The molecule has 104 valence electrons. The van der Waals surface area contributed by atoms with E-state index < -0.39 is 15.9 Å². The highest BCUT2D eigenvalue weighted by Gasteiger charge is 2.23. The summed E-state index contributed by atoms with van der Waals surface area (Å²) in [7, 11) is -3.65. The number of carbonyl (C=O) groups is 1. The van der Waals surface area contributed by atoms with Gasteiger partial charge >= 0.3 is 0 Å². The Morgan fingerprint density at radius 3 is 2.63 bits per heavy atom. The summed E-state index contributed by atoms with van der Waals surface area (Å²) in [6.07, 6.45) is 2.34. The SMILES string of the molecule is O=C(NS(=O)(=O)CC1CCCCO1)c1ccccc1. The van der Waals surface area contributed by atoms with Gasteiger partial charge in [-0.1, -0.05) is 18.2 Å². The molecule has 1 atom stereocenters. The van der Waals surface area contributed by atoms with Crippen LogP contribution in [0.3, 0.4) is 0 Å². The maximum Gasteiger partial charge on any atom is 0.264 e. The molecule has 1 amide bonds. The van der Waals surface area contributed by atoms with E-state index in [1.165, 1.54) is 0 Å². The van der Waals surface area contributed by atoms with Crippen molar-refractivity contribution in [2.45, 2.75) is 25.4 Å². The molecular formula is C13H17NO4S. The molecule has 19 heavy (non-hydrogen) atoms. The van der Waals surface area contributed by atoms with Gasteiger partial charge in [0.25, 0.3) is 5.91 Å². The average Bonchev–Trinajstić information content (AvgIpc) is 2.39. The van der Waals surface area contributed by atoms with Crippen LogP contribution in [0.25, 0.3) is 0 Å². The zero-order valence-electron chi connectivity index (χ0n) is 10.5. The minimum absolute atomic E-state index is 0.161. The van der Waals surface area contributed by atoms with E-state index in [4.69, 9.17) is 4.74 Å². The second kappa shape index (κ2) is 6.16. The number of benzene rings is 1. The van der Waals surface area contributed by atoms with Crippen molar-refractivity contribution in [2.24, 2.45) is 0 Å². The van der Waals surface area contributed by atoms with Crippen molar-refractivity contribution in [3.8, 4) is 0 Å². The van der Waals surface area contributed by atoms with Crippen molar-refractivity contribution >= 4 is 15.9 Å². The van der Waals surface area contributed by atoms with Crippen molar-refractivity contribution in [3.05, 3.63) is 35.9 Å². The van der Waals surface area contributed by atoms with Gasteiger partial charge in [0.1, 0.15) is 0 Å². The molecule has 1 aromatic carbocycles. The summed E-state index contributed by atoms with van der Waals surface area (Å²) < 4.78 is 31.2. The lowest BCUT2D eigenvalue weighted by Gasteiger charge is -2.22. The van der Waals surface area contributed by atoms with Crippen LogP contribution in [-0.2, 0) is 14.8 Å². The molecule has 6 heteroatoms. The molecule has 1 aromatic rings. The summed E-state index contributed by atoms with van der Waals surface area (Å²) in [6.45, 7) is 0.590. The van der Waals surface area contributed by atoms with E-state index in [2.05, 4.69) is 4.72 Å². The first-order valence-corrected chi connectivity index (χ1v) is 7.93. The van der Waals surface area contributed by atoms with Gasteiger partial charge in [-0.25, -0.2) is 13.1 Å². The van der Waals surface area contributed by atoms with Gasteiger partial charge in [0.2, 0.25) is 10.0 Å². The topological polar surface area (TPSA) is 72.5 Å². The third-order valence-electron chi connectivity index (χ3n) is 2.96. The summed E-state index contributed by atoms with van der Waals surface area (Å²) >= 11 is 0. The standard InChI is InChI=1S/C13H17NO4S/c15-13(11-6-2-1-3-7-11)14-19(16,17)10-12-8-4-5-9-18-12/h1-3,6-7,12H,4-5,8-10H2,(H,14,15). The first-order valence-electron chi connectivity index (χ1n) is 6.28. The number of amides is 1. The predicted molar refractivity (Wildman–Crippen MR) is 71.3 cm³/mol. The van der Waals surface area contributed by atoms with Crippen molar-refractivity contribution in [1.82, 2.24) is 4.72 Å². The molecule has 1 saturated heterocycles. The first-order chi connectivity index (χ1) is 9.07. The number of carbonyl (C=O) groups excluding carboxylic acids is 1. The number of ether oxygens (including phenoxy) is 1. The Bertz CT molecular complexity index is 521. The second-order valence-electron chi connectivity index (χ2n) is 4.57. The van der Waals surface area contributed by atoms with Crippen molar-refractivity contribution in [3.63, 3.8) is 0 Å². The summed E-state index contributed by atoms with van der Waals surface area (Å²) in [5.74, 6) is -0.762. The van der Waals surface area contributed by atoms with Crippen LogP contribution in [0.1, 0.15) is 29.6 Å². The molecule has 2 rings (SSSR count). The number of hydrogen-bond acceptors (Lipinski definition) is 4. The molecule has 0 aliphatic carbocycles. The van der Waals surface area contributed by atoms with Crippen LogP contribution in [0.2, 0.25) is 0 Å². The van der Waals surface area contributed by atoms with E-state index >= 15 is 0 Å². The number of nitrogens with one attached hydrogen (secondary N) is 1. The fourth-order valence-electron chi connectivity index (χ4n) is 2.01. The predicted octanol–water partition coefficient (Wildman–Crippen LogP) is 1.32. The fourth-order valence-corrected chi connectivity index (χ4v) is 3.25. The van der Waals surface area contributed by atoms with Crippen LogP contribution in [0.5, 0.6) is 0 Å². The highest BCUT2D eigenvalue weighted by Crippen LogP contribution is 2.14. The molecule has 1 heterocycles. The maximum atomic E-state index is 11.9. The van der Waals surface area contributed by atoms with Crippen LogP contribution in [0.15, 0.2) is 30.3 Å². The monoisotopic (exact) mass is 283 g/mol. The molecule has 0 radical (unpaired) electrons. The zero-order valence-corrected chi connectivity index (χ0v) is 11.4. The number of sulfonamides is 1. The molecule has 1 aliphatic heterocycles. The Balaban J connectivity index is 1.95. The largest absolute Gasteiger partial charge is 0.377 e. The van der Waals surface area contributed by atoms with E-state index in [1.807, 2.05) is 0 Å². The zero-order chi connectivity index (χ0) is 13.7. The van der Waals surface area contributed by atoms with Gasteiger partial charge in [0, 0.05) is 12.2 Å². The van der Waals surface area contributed by atoms with Crippen molar-refractivity contribution in [2.75, 3.05) is 12.4 Å². The lowest BCUT2D eigenvalue weighted by molar-refractivity contribution is 0.0304. The molecule has 1 aliphatic rings. The van der Waals surface area contributed by atoms with Gasteiger partial charge in [0.05, 0.1) is 11.9 Å². The molecular weight excluding hydrogens is 266 g/mol. The van der Waals surface area contributed by atoms with Crippen LogP contribution < -0.4 is 4.72 Å². The van der Waals surface area contributed by atoms with E-state index in [-0.39, 0.29) is 11.9 Å². The van der Waals surface area contributed by atoms with Gasteiger partial charge in [-0.05, 0) is 31.4 Å². The Hall–Kier alpha value is -1.40. The Morgan fingerprint density at radius 1 is 1.26 bits per heavy atom. The minimum atomic E-state index is -3.65. The molecule has 1 N–H and O–H groups in total. The Labute approximate surface area is 113 Å². The van der Waals surface area contributed by atoms with Crippen molar-refractivity contribution in [1.29, 1.82) is 0 Å². The minimum Gasteiger partial charge on any atom is -0.377 e. The van der Waals surface area contributed by atoms with Gasteiger partial charge in [-0.2, -0.15) is 0 Å². The lowest BCUT2D eigenvalue weighted by atomic mass is 10.1. The Morgan fingerprint density at radius 2 is 2.00 bits per heavy atom. The van der Waals surface area contributed by atoms with Crippen LogP contribution in [0.4, 0.5) is 0 Å². The van der Waals surface area contributed by atoms with Crippen LogP contribution in [0, 0.1) is 0 Å². The first kappa shape index (κ1) is 14.0. The average molecular weight is 283 g/mol. The number of rotatable bonds is 4. The highest BCUT2D eigenvalue weighted by atomic mass is 32.2. The molecule has 1 unspecified atom stereocenters. The van der Waals surface area contributed by atoms with Crippen LogP contribution in [-0.4, -0.2) is 32.8 Å². The highest BCUT2D eigenvalue weighted by molar-refractivity contribution is 7.90. The van der Waals surface area contributed by atoms with E-state index in [9.17, 15) is 13.2 Å². The summed E-state index contributed by atoms with van der Waals surface area (Å²) in [6, 6.07) is 8.28. The van der Waals surface area contributed by atoms with E-state index in [0.29, 0.717) is 12.2 Å². The number of hydrogen-bond donors (Lipinski definition) is 1. The molecule has 0 bridgehead atoms. The summed E-state index contributed by atoms with van der Waals surface area (Å²) in [5.41, 5.74) is 0.329. The summed E-state index contributed by atoms with van der Waals surface area (Å²) in [4.78, 5) is 11.8. The Kier molecular flexibility index (Phi) is 4.55. The maximum absolute atomic E-state index is 11.9. The fraction of sp³-hybridized carbons (Fsp3) is 0.462. The lowest BCUT2D eigenvalue weighted by Crippen LogP contribution is -2.38. The van der Waals surface area contributed by atoms with E-state index in [1.54, 1.807) is 30.3 Å². The normalized spacial score (nSPS) is 19.9. The van der Waals surface area contributed by atoms with Gasteiger partial charge < -0.3 is 4.74 Å². The third kappa shape index (κ3) is 4.33. The van der Waals surface area contributed by atoms with Crippen molar-refractivity contribution < 1.29 is 17.9 Å². The van der Waals surface area contributed by atoms with Gasteiger partial charge in [-0.15, -0.1) is 0 Å². The smallest absolute Gasteiger partial charge is 0.264 e. The van der Waals surface area contributed by atoms with E-state index in [0.717, 1.165) is 19.3 Å².